The summed E-state index contributed by atoms with van der Waals surface area (Å²) in [5.41, 5.74) is 16.8. The Kier molecular flexibility index (Phi) is 31.7. The molecule has 6 nitrogen and oxygen atoms in total. The third-order valence-corrected chi connectivity index (χ3v) is 33.4. The Morgan fingerprint density at radius 1 is 0.268 bits per heavy atom. The van der Waals surface area contributed by atoms with Crippen LogP contribution in [0.15, 0.2) is 292 Å². The van der Waals surface area contributed by atoms with Crippen LogP contribution >= 0.6 is 34.0 Å². The first-order chi connectivity index (χ1) is 58.4. The quantitative estimate of drug-likeness (QED) is 0.0896. The van der Waals surface area contributed by atoms with Gasteiger partial charge in [-0.3, -0.25) is 0 Å². The fourth-order valence-corrected chi connectivity index (χ4v) is 25.3. The van der Waals surface area contributed by atoms with Gasteiger partial charge in [-0.1, -0.05) is 239 Å². The van der Waals surface area contributed by atoms with Gasteiger partial charge in [0, 0.05) is 112 Å². The van der Waals surface area contributed by atoms with Crippen molar-refractivity contribution in [3.63, 3.8) is 0 Å². The van der Waals surface area contributed by atoms with Crippen LogP contribution < -0.4 is 15.6 Å². The topological polar surface area (TPSA) is 77.3 Å². The molecule has 0 bridgehead atoms. The fourth-order valence-electron chi connectivity index (χ4n) is 16.7. The minimum atomic E-state index is -1.40. The summed E-state index contributed by atoms with van der Waals surface area (Å²) in [6.45, 7) is 21.8. The predicted molar refractivity (Wildman–Crippen MR) is 522 cm³/mol. The number of thiophene rings is 3. The maximum atomic E-state index is 4.87. The van der Waals surface area contributed by atoms with Crippen molar-refractivity contribution < 1.29 is 60.3 Å². The van der Waals surface area contributed by atoms with Gasteiger partial charge < -0.3 is 29.9 Å². The molecule has 0 unspecified atom stereocenters. The SMILES string of the molecule is C[Si](C)(C)c1ccc2c(c1)sc1c(-c3ccc(C4CCCC4)cn3)[c-]ccc12.C[Si](C)(C)c1ccc2sc3c(-c4ccc(C5CCCC5)cn4)[c-]ccc3c2c1.C[Si](C)(C)c1cccc2c1sc1c(-c3ccc(C4CCCC4)cn3)[c-]ccc12.[Ir].[Ir].[Ir].[c-]1ccccc1-c1ccccn1.[c-]1ccccc1-c1ccccn1.[c-]1ccccc1-c1ccccn1. The van der Waals surface area contributed by atoms with Gasteiger partial charge in [0.25, 0.3) is 0 Å². The van der Waals surface area contributed by atoms with E-state index in [-0.39, 0.29) is 60.3 Å². The fraction of sp³-hybridized carbons (Fsp3) is 0.222. The van der Waals surface area contributed by atoms with Crippen LogP contribution in [-0.2, 0) is 60.3 Å². The third kappa shape index (κ3) is 22.3. The molecule has 18 aromatic rings. The number of rotatable bonds is 12. The van der Waals surface area contributed by atoms with E-state index in [2.05, 4.69) is 256 Å². The third-order valence-electron chi connectivity index (χ3n) is 23.4. The van der Waals surface area contributed by atoms with Crippen LogP contribution in [0.5, 0.6) is 0 Å². The van der Waals surface area contributed by atoms with E-state index in [0.717, 1.165) is 67.5 Å². The Balaban J connectivity index is 0.000000131. The van der Waals surface area contributed by atoms with Crippen molar-refractivity contribution >= 4 is 134 Å². The molecule has 627 valence electrons. The summed E-state index contributed by atoms with van der Waals surface area (Å²) < 4.78 is 8.15. The van der Waals surface area contributed by atoms with Gasteiger partial charge in [-0.25, -0.2) is 0 Å². The van der Waals surface area contributed by atoms with Gasteiger partial charge in [0.05, 0.1) is 24.2 Å². The summed E-state index contributed by atoms with van der Waals surface area (Å²) in [6, 6.07) is 108. The van der Waals surface area contributed by atoms with Crippen molar-refractivity contribution in [2.75, 3.05) is 0 Å². The monoisotopic (exact) mass is 2240 g/mol. The molecular weight excluding hydrogens is 2140 g/mol. The predicted octanol–water partition coefficient (Wildman–Crippen LogP) is 29.0. The minimum Gasteiger partial charge on any atom is -0.305 e. The summed E-state index contributed by atoms with van der Waals surface area (Å²) in [4.78, 5) is 27.2. The van der Waals surface area contributed by atoms with Crippen molar-refractivity contribution in [3.05, 3.63) is 345 Å². The van der Waals surface area contributed by atoms with Gasteiger partial charge in [-0.2, -0.15) is 34.0 Å². The Morgan fingerprint density at radius 2 is 0.634 bits per heavy atom. The van der Waals surface area contributed by atoms with Crippen LogP contribution in [0, 0.1) is 36.4 Å². The molecule has 123 heavy (non-hydrogen) atoms. The zero-order valence-corrected chi connectivity index (χ0v) is 84.0. The minimum absolute atomic E-state index is 0. The summed E-state index contributed by atoms with van der Waals surface area (Å²) in [7, 11) is -4.03. The number of hydrogen-bond donors (Lipinski definition) is 0. The second-order valence-electron chi connectivity index (χ2n) is 34.8. The molecule has 0 amide bonds. The maximum Gasteiger partial charge on any atom is 0.0794 e. The second-order valence-corrected chi connectivity index (χ2v) is 53.1. The van der Waals surface area contributed by atoms with E-state index in [9.17, 15) is 0 Å². The van der Waals surface area contributed by atoms with Gasteiger partial charge in [0.15, 0.2) is 0 Å². The van der Waals surface area contributed by atoms with Gasteiger partial charge in [0.2, 0.25) is 0 Å². The van der Waals surface area contributed by atoms with Gasteiger partial charge in [0.1, 0.15) is 0 Å². The summed E-state index contributed by atoms with van der Waals surface area (Å²) in [5, 5.41) is 12.8. The molecule has 0 N–H and O–H groups in total. The number of benzene rings is 9. The van der Waals surface area contributed by atoms with Crippen LogP contribution in [0.25, 0.3) is 128 Å². The van der Waals surface area contributed by atoms with Gasteiger partial charge in [-0.15, -0.1) is 179 Å². The van der Waals surface area contributed by atoms with Crippen LogP contribution in [0.4, 0.5) is 0 Å². The number of pyridine rings is 6. The van der Waals surface area contributed by atoms with Gasteiger partial charge >= 0.3 is 0 Å². The van der Waals surface area contributed by atoms with Crippen LogP contribution in [0.2, 0.25) is 58.9 Å². The first-order valence-corrected chi connectivity index (χ1v) is 55.5. The van der Waals surface area contributed by atoms with E-state index in [1.807, 2.05) is 161 Å². The summed E-state index contributed by atoms with van der Waals surface area (Å²) in [5.74, 6) is 2.14. The van der Waals surface area contributed by atoms with Crippen LogP contribution in [0.3, 0.4) is 0 Å². The number of aromatic nitrogens is 6. The van der Waals surface area contributed by atoms with E-state index < -0.39 is 24.2 Å². The molecule has 3 fully saturated rings. The molecular formula is C108H102Ir3N6S3Si3-6. The van der Waals surface area contributed by atoms with E-state index >= 15 is 0 Å². The molecule has 9 heterocycles. The van der Waals surface area contributed by atoms with E-state index in [1.54, 1.807) is 23.8 Å². The maximum absolute atomic E-state index is 4.87. The molecule has 0 aliphatic heterocycles. The van der Waals surface area contributed by atoms with Crippen molar-refractivity contribution in [1.29, 1.82) is 0 Å². The normalized spacial score (nSPS) is 13.5. The molecule has 3 saturated carbocycles. The average Bonchev–Trinajstić information content (AvgIpc) is 1.63. The second kappa shape index (κ2) is 42.4. The molecule has 3 aliphatic carbocycles. The first-order valence-electron chi connectivity index (χ1n) is 42.6. The molecule has 3 radical (unpaired) electrons. The largest absolute Gasteiger partial charge is 0.305 e. The standard InChI is InChI=1S/3C25H26NSSi.3C11H8N.3Ir/c1-28(2,3)23-13-7-11-20-19-10-6-12-21(24(19)27-25(20)23)22-15-14-18(16-26-22)17-8-4-5-9-17;1-28(2,3)19-12-13-20-21-9-6-10-22(25(21)27-24(20)15-19)23-14-11-18(16-26-23)17-7-4-5-8-17;1-28(2,3)19-12-14-24-22(15-19)20-9-6-10-21(25(20)27-24)23-13-11-18(16-26-23)17-7-4-5-8-17;3*1-2-6-10(7-3-1)11-8-4-5-9-12-11;;;/h6-7,10-11,13-17H,4-5,8-9H2,1-3H3;2*6,9,11-17H,4-5,7-8H2,1-3H3;3*1-6,8-9H;;;/q6*-1;;;. The Bertz CT molecular complexity index is 6030. The zero-order chi connectivity index (χ0) is 82.6. The zero-order valence-electron chi connectivity index (χ0n) is 71.3. The summed E-state index contributed by atoms with van der Waals surface area (Å²) in [6.07, 6.45) is 27.8. The smallest absolute Gasteiger partial charge is 0.0794 e. The Labute approximate surface area is 783 Å². The molecule has 9 aromatic heterocycles. The summed E-state index contributed by atoms with van der Waals surface area (Å²) >= 11 is 5.70. The molecule has 15 heteroatoms. The van der Waals surface area contributed by atoms with Crippen LogP contribution in [0.1, 0.15) is 111 Å². The number of nitrogens with zero attached hydrogens (tertiary/aromatic N) is 6. The Hall–Kier alpha value is -8.86. The molecule has 0 spiro atoms. The van der Waals surface area contributed by atoms with Crippen molar-refractivity contribution in [2.24, 2.45) is 0 Å². The molecule has 21 rings (SSSR count). The van der Waals surface area contributed by atoms with Crippen molar-refractivity contribution in [2.45, 2.75) is 154 Å². The number of fused-ring (bicyclic) bond motifs is 9. The molecule has 3 aliphatic rings. The van der Waals surface area contributed by atoms with Gasteiger partial charge in [-0.05, 0) is 173 Å². The average molecular weight is 2240 g/mol. The van der Waals surface area contributed by atoms with Crippen LogP contribution in [-0.4, -0.2) is 54.1 Å². The van der Waals surface area contributed by atoms with E-state index in [1.165, 1.54) is 165 Å². The first kappa shape index (κ1) is 91.8. The molecule has 0 atom stereocenters. The Morgan fingerprint density at radius 3 is 1.00 bits per heavy atom. The molecule has 9 aromatic carbocycles. The molecule has 0 saturated heterocycles. The number of hydrogen-bond acceptors (Lipinski definition) is 9. The van der Waals surface area contributed by atoms with Crippen molar-refractivity contribution in [3.8, 4) is 67.5 Å². The van der Waals surface area contributed by atoms with Crippen molar-refractivity contribution in [1.82, 2.24) is 29.9 Å². The van der Waals surface area contributed by atoms with E-state index in [0.29, 0.717) is 17.8 Å². The van der Waals surface area contributed by atoms with E-state index in [4.69, 9.17) is 15.0 Å².